The highest BCUT2D eigenvalue weighted by Gasteiger charge is 2.32. The SMILES string of the molecule is CCCNC(C)(COc1ccc(Br)cc1[N+](=O)[O-])C(N)=O. The van der Waals surface area contributed by atoms with Crippen LogP contribution in [0.25, 0.3) is 0 Å². The second-order valence-electron chi connectivity index (χ2n) is 4.78. The summed E-state index contributed by atoms with van der Waals surface area (Å²) in [4.78, 5) is 22.0. The monoisotopic (exact) mass is 359 g/mol. The molecule has 1 aromatic carbocycles. The van der Waals surface area contributed by atoms with Crippen LogP contribution in [0.15, 0.2) is 22.7 Å². The lowest BCUT2D eigenvalue weighted by molar-refractivity contribution is -0.386. The van der Waals surface area contributed by atoms with Gasteiger partial charge >= 0.3 is 5.69 Å². The zero-order valence-corrected chi connectivity index (χ0v) is 13.5. The second kappa shape index (κ2) is 7.37. The van der Waals surface area contributed by atoms with E-state index in [2.05, 4.69) is 21.2 Å². The van der Waals surface area contributed by atoms with E-state index in [0.717, 1.165) is 6.42 Å². The third-order valence-electron chi connectivity index (χ3n) is 2.94. The van der Waals surface area contributed by atoms with Crippen LogP contribution in [0.1, 0.15) is 20.3 Å². The number of nitrogens with one attached hydrogen (secondary N) is 1. The summed E-state index contributed by atoms with van der Waals surface area (Å²) in [6, 6.07) is 4.45. The van der Waals surface area contributed by atoms with Gasteiger partial charge in [-0.3, -0.25) is 14.9 Å². The predicted octanol–water partition coefficient (Wildman–Crippen LogP) is 1.98. The minimum Gasteiger partial charge on any atom is -0.484 e. The fourth-order valence-electron chi connectivity index (χ4n) is 1.59. The lowest BCUT2D eigenvalue weighted by Gasteiger charge is -2.27. The van der Waals surface area contributed by atoms with Crippen molar-refractivity contribution >= 4 is 27.5 Å². The van der Waals surface area contributed by atoms with E-state index in [1.807, 2.05) is 6.92 Å². The Morgan fingerprint density at radius 3 is 2.76 bits per heavy atom. The first-order chi connectivity index (χ1) is 9.80. The fourth-order valence-corrected chi connectivity index (χ4v) is 1.94. The molecule has 1 atom stereocenters. The number of nitrogens with two attached hydrogens (primary N) is 1. The van der Waals surface area contributed by atoms with Gasteiger partial charge in [-0.2, -0.15) is 0 Å². The number of hydrogen-bond donors (Lipinski definition) is 2. The molecular formula is C13H18BrN3O4. The number of halogens is 1. The quantitative estimate of drug-likeness (QED) is 0.544. The Bertz CT molecular complexity index is 538. The molecule has 0 spiro atoms. The van der Waals surface area contributed by atoms with Crippen molar-refractivity contribution in [3.63, 3.8) is 0 Å². The number of hydrogen-bond acceptors (Lipinski definition) is 5. The van der Waals surface area contributed by atoms with Gasteiger partial charge in [0.15, 0.2) is 5.75 Å². The Morgan fingerprint density at radius 1 is 1.57 bits per heavy atom. The highest BCUT2D eigenvalue weighted by atomic mass is 79.9. The van der Waals surface area contributed by atoms with Gasteiger partial charge in [0.25, 0.3) is 0 Å². The first-order valence-corrected chi connectivity index (χ1v) is 7.21. The lowest BCUT2D eigenvalue weighted by Crippen LogP contribution is -2.57. The van der Waals surface area contributed by atoms with Crippen LogP contribution in [0.2, 0.25) is 0 Å². The van der Waals surface area contributed by atoms with Crippen LogP contribution >= 0.6 is 15.9 Å². The van der Waals surface area contributed by atoms with Crippen molar-refractivity contribution in [2.75, 3.05) is 13.2 Å². The van der Waals surface area contributed by atoms with Gasteiger partial charge in [0, 0.05) is 10.5 Å². The molecule has 116 valence electrons. The summed E-state index contributed by atoms with van der Waals surface area (Å²) in [6.45, 7) is 4.06. The van der Waals surface area contributed by atoms with Crippen molar-refractivity contribution in [2.24, 2.45) is 5.73 Å². The molecule has 0 heterocycles. The van der Waals surface area contributed by atoms with Gasteiger partial charge in [-0.15, -0.1) is 0 Å². The largest absolute Gasteiger partial charge is 0.484 e. The summed E-state index contributed by atoms with van der Waals surface area (Å²) in [5, 5.41) is 14.0. The molecule has 0 aromatic heterocycles. The van der Waals surface area contributed by atoms with E-state index in [-0.39, 0.29) is 18.0 Å². The van der Waals surface area contributed by atoms with Crippen molar-refractivity contribution in [3.05, 3.63) is 32.8 Å². The third-order valence-corrected chi connectivity index (χ3v) is 3.44. The first-order valence-electron chi connectivity index (χ1n) is 6.42. The molecule has 0 aliphatic rings. The van der Waals surface area contributed by atoms with Crippen LogP contribution in [-0.4, -0.2) is 29.5 Å². The van der Waals surface area contributed by atoms with Crippen molar-refractivity contribution in [1.29, 1.82) is 0 Å². The zero-order chi connectivity index (χ0) is 16.0. The third kappa shape index (κ3) is 4.68. The van der Waals surface area contributed by atoms with E-state index in [4.69, 9.17) is 10.5 Å². The second-order valence-corrected chi connectivity index (χ2v) is 5.70. The lowest BCUT2D eigenvalue weighted by atomic mass is 10.0. The Kier molecular flexibility index (Phi) is 6.10. The van der Waals surface area contributed by atoms with Crippen LogP contribution in [0, 0.1) is 10.1 Å². The van der Waals surface area contributed by atoms with Crippen molar-refractivity contribution < 1.29 is 14.5 Å². The predicted molar refractivity (Wildman–Crippen MR) is 82.2 cm³/mol. The molecule has 1 amide bonds. The molecular weight excluding hydrogens is 342 g/mol. The summed E-state index contributed by atoms with van der Waals surface area (Å²) in [5.74, 6) is -0.482. The maximum atomic E-state index is 11.6. The fraction of sp³-hybridized carbons (Fsp3) is 0.462. The van der Waals surface area contributed by atoms with Crippen LogP contribution in [-0.2, 0) is 4.79 Å². The number of benzene rings is 1. The first kappa shape index (κ1) is 17.4. The topological polar surface area (TPSA) is 107 Å². The molecule has 0 saturated carbocycles. The van der Waals surface area contributed by atoms with Crippen LogP contribution in [0.5, 0.6) is 5.75 Å². The smallest absolute Gasteiger partial charge is 0.312 e. The Hall–Kier alpha value is -1.67. The van der Waals surface area contributed by atoms with Crippen molar-refractivity contribution in [3.8, 4) is 5.75 Å². The Balaban J connectivity index is 2.90. The van der Waals surface area contributed by atoms with E-state index >= 15 is 0 Å². The number of nitro groups is 1. The number of primary amides is 1. The number of carbonyl (C=O) groups excluding carboxylic acids is 1. The van der Waals surface area contributed by atoms with E-state index in [9.17, 15) is 14.9 Å². The molecule has 0 saturated heterocycles. The summed E-state index contributed by atoms with van der Waals surface area (Å²) >= 11 is 3.17. The molecule has 0 aliphatic heterocycles. The zero-order valence-electron chi connectivity index (χ0n) is 11.9. The minimum absolute atomic E-state index is 0.0916. The van der Waals surface area contributed by atoms with E-state index < -0.39 is 16.4 Å². The van der Waals surface area contributed by atoms with Gasteiger partial charge in [-0.1, -0.05) is 22.9 Å². The highest BCUT2D eigenvalue weighted by molar-refractivity contribution is 9.10. The van der Waals surface area contributed by atoms with Gasteiger partial charge in [-0.25, -0.2) is 0 Å². The summed E-state index contributed by atoms with van der Waals surface area (Å²) in [5.41, 5.74) is 4.11. The molecule has 0 bridgehead atoms. The van der Waals surface area contributed by atoms with E-state index in [0.29, 0.717) is 11.0 Å². The van der Waals surface area contributed by atoms with Crippen LogP contribution in [0.3, 0.4) is 0 Å². The number of nitrogens with zero attached hydrogens (tertiary/aromatic N) is 1. The normalized spacial score (nSPS) is 13.5. The molecule has 21 heavy (non-hydrogen) atoms. The maximum absolute atomic E-state index is 11.6. The van der Waals surface area contributed by atoms with Gasteiger partial charge in [0.05, 0.1) is 4.92 Å². The number of ether oxygens (including phenoxy) is 1. The molecule has 1 rings (SSSR count). The van der Waals surface area contributed by atoms with Gasteiger partial charge in [-0.05, 0) is 32.0 Å². The van der Waals surface area contributed by atoms with Gasteiger partial charge in [0.2, 0.25) is 5.91 Å². The minimum atomic E-state index is -1.09. The maximum Gasteiger partial charge on any atom is 0.312 e. The van der Waals surface area contributed by atoms with Gasteiger partial charge < -0.3 is 15.8 Å². The highest BCUT2D eigenvalue weighted by Crippen LogP contribution is 2.30. The molecule has 0 radical (unpaired) electrons. The standard InChI is InChI=1S/C13H18BrN3O4/c1-3-6-16-13(2,12(15)18)8-21-11-5-4-9(14)7-10(11)17(19)20/h4-5,7,16H,3,6,8H2,1-2H3,(H2,15,18). The molecule has 1 unspecified atom stereocenters. The van der Waals surface area contributed by atoms with Crippen LogP contribution < -0.4 is 15.8 Å². The number of nitro benzene ring substituents is 1. The molecule has 7 nitrogen and oxygen atoms in total. The average Bonchev–Trinajstić information content (AvgIpc) is 2.43. The molecule has 1 aromatic rings. The Labute approximate surface area is 131 Å². The number of amides is 1. The number of carbonyl (C=O) groups is 1. The molecule has 0 fully saturated rings. The molecule has 0 aliphatic carbocycles. The van der Waals surface area contributed by atoms with Crippen molar-refractivity contribution in [1.82, 2.24) is 5.32 Å². The van der Waals surface area contributed by atoms with E-state index in [1.165, 1.54) is 12.1 Å². The van der Waals surface area contributed by atoms with E-state index in [1.54, 1.807) is 13.0 Å². The summed E-state index contributed by atoms with van der Waals surface area (Å²) in [7, 11) is 0. The summed E-state index contributed by atoms with van der Waals surface area (Å²) < 4.78 is 6.02. The average molecular weight is 360 g/mol. The van der Waals surface area contributed by atoms with Crippen molar-refractivity contribution in [2.45, 2.75) is 25.8 Å². The van der Waals surface area contributed by atoms with Crippen LogP contribution in [0.4, 0.5) is 5.69 Å². The molecule has 3 N–H and O–H groups in total. The molecule has 8 heteroatoms. The van der Waals surface area contributed by atoms with Gasteiger partial charge in [0.1, 0.15) is 12.1 Å². The Morgan fingerprint density at radius 2 is 2.24 bits per heavy atom. The summed E-state index contributed by atoms with van der Waals surface area (Å²) in [6.07, 6.45) is 0.821. The number of rotatable bonds is 8.